The van der Waals surface area contributed by atoms with Crippen LogP contribution in [0.25, 0.3) is 66.4 Å². The lowest BCUT2D eigenvalue weighted by atomic mass is 9.82. The van der Waals surface area contributed by atoms with Crippen molar-refractivity contribution in [3.05, 3.63) is 199 Å². The van der Waals surface area contributed by atoms with Gasteiger partial charge in [-0.1, -0.05) is 166 Å². The second-order valence-corrected chi connectivity index (χ2v) is 14.5. The van der Waals surface area contributed by atoms with Crippen LogP contribution in [0.4, 0.5) is 17.1 Å². The lowest BCUT2D eigenvalue weighted by molar-refractivity contribution is 0.660. The van der Waals surface area contributed by atoms with Crippen molar-refractivity contribution in [3.8, 4) is 44.5 Å². The third kappa shape index (κ3) is 5.10. The van der Waals surface area contributed by atoms with Crippen molar-refractivity contribution in [2.24, 2.45) is 0 Å². The summed E-state index contributed by atoms with van der Waals surface area (Å²) in [6.07, 6.45) is 0. The Balaban J connectivity index is 1.12. The van der Waals surface area contributed by atoms with Gasteiger partial charge in [0.15, 0.2) is 0 Å². The molecule has 0 atom stereocenters. The summed E-state index contributed by atoms with van der Waals surface area (Å²) in [5.41, 5.74) is 17.4. The number of benzene rings is 8. The topological polar surface area (TPSA) is 16.4 Å². The molecule has 1 aromatic heterocycles. The van der Waals surface area contributed by atoms with E-state index in [0.717, 1.165) is 50.1 Å². The van der Waals surface area contributed by atoms with Crippen molar-refractivity contribution in [3.63, 3.8) is 0 Å². The summed E-state index contributed by atoms with van der Waals surface area (Å²) in [6, 6.07) is 67.8. The maximum atomic E-state index is 6.43. The molecule has 53 heavy (non-hydrogen) atoms. The van der Waals surface area contributed by atoms with E-state index in [0.29, 0.717) is 0 Å². The van der Waals surface area contributed by atoms with Crippen LogP contribution in [0.2, 0.25) is 0 Å². The Kier molecular flexibility index (Phi) is 7.19. The van der Waals surface area contributed by atoms with Crippen molar-refractivity contribution < 1.29 is 4.42 Å². The third-order valence-electron chi connectivity index (χ3n) is 11.1. The average molecular weight is 680 g/mol. The molecule has 0 spiro atoms. The highest BCUT2D eigenvalue weighted by atomic mass is 16.3. The van der Waals surface area contributed by atoms with Crippen LogP contribution < -0.4 is 4.90 Å². The van der Waals surface area contributed by atoms with Gasteiger partial charge >= 0.3 is 0 Å². The fourth-order valence-corrected chi connectivity index (χ4v) is 8.41. The van der Waals surface area contributed by atoms with Crippen molar-refractivity contribution >= 4 is 39.0 Å². The molecular formula is C51H37NO. The highest BCUT2D eigenvalue weighted by Gasteiger charge is 2.35. The number of rotatable bonds is 6. The molecule has 0 bridgehead atoms. The molecule has 0 N–H and O–H groups in total. The third-order valence-corrected chi connectivity index (χ3v) is 11.1. The Morgan fingerprint density at radius 3 is 1.79 bits per heavy atom. The number of para-hydroxylation sites is 3. The fourth-order valence-electron chi connectivity index (χ4n) is 8.41. The van der Waals surface area contributed by atoms with E-state index in [9.17, 15) is 0 Å². The molecule has 252 valence electrons. The summed E-state index contributed by atoms with van der Waals surface area (Å²) < 4.78 is 6.43. The van der Waals surface area contributed by atoms with Gasteiger partial charge < -0.3 is 9.32 Å². The first-order valence-electron chi connectivity index (χ1n) is 18.3. The Morgan fingerprint density at radius 1 is 0.396 bits per heavy atom. The molecule has 0 fully saturated rings. The van der Waals surface area contributed by atoms with E-state index in [1.165, 1.54) is 44.5 Å². The molecular weight excluding hydrogens is 643 g/mol. The lowest BCUT2D eigenvalue weighted by Crippen LogP contribution is -2.16. The van der Waals surface area contributed by atoms with E-state index in [-0.39, 0.29) is 5.41 Å². The Labute approximate surface area is 310 Å². The summed E-state index contributed by atoms with van der Waals surface area (Å²) in [4.78, 5) is 2.42. The summed E-state index contributed by atoms with van der Waals surface area (Å²) in [5.74, 6) is 0. The van der Waals surface area contributed by atoms with Crippen LogP contribution in [0.1, 0.15) is 25.0 Å². The van der Waals surface area contributed by atoms with Crippen molar-refractivity contribution in [2.45, 2.75) is 19.3 Å². The molecule has 2 nitrogen and oxygen atoms in total. The second kappa shape index (κ2) is 12.3. The first-order chi connectivity index (χ1) is 26.0. The van der Waals surface area contributed by atoms with Crippen LogP contribution in [-0.2, 0) is 5.41 Å². The summed E-state index contributed by atoms with van der Waals surface area (Å²) in [6.45, 7) is 4.70. The monoisotopic (exact) mass is 679 g/mol. The summed E-state index contributed by atoms with van der Waals surface area (Å²) in [5, 5.41) is 2.28. The number of hydrogen-bond donors (Lipinski definition) is 0. The van der Waals surface area contributed by atoms with Crippen molar-refractivity contribution in [1.82, 2.24) is 0 Å². The first-order valence-corrected chi connectivity index (χ1v) is 18.3. The lowest BCUT2D eigenvalue weighted by Gasteiger charge is -2.30. The molecule has 1 aliphatic carbocycles. The highest BCUT2D eigenvalue weighted by Crippen LogP contribution is 2.51. The van der Waals surface area contributed by atoms with Crippen LogP contribution in [0.15, 0.2) is 192 Å². The van der Waals surface area contributed by atoms with Gasteiger partial charge in [-0.25, -0.2) is 0 Å². The quantitative estimate of drug-likeness (QED) is 0.174. The molecule has 8 aromatic carbocycles. The van der Waals surface area contributed by atoms with Crippen molar-refractivity contribution in [1.29, 1.82) is 0 Å². The maximum absolute atomic E-state index is 6.43. The minimum Gasteiger partial charge on any atom is -0.455 e. The molecule has 1 aliphatic rings. The average Bonchev–Trinajstić information content (AvgIpc) is 3.71. The number of furan rings is 1. The molecule has 0 radical (unpaired) electrons. The molecule has 0 saturated carbocycles. The van der Waals surface area contributed by atoms with Crippen LogP contribution in [0, 0.1) is 0 Å². The van der Waals surface area contributed by atoms with Crippen LogP contribution >= 0.6 is 0 Å². The van der Waals surface area contributed by atoms with E-state index in [1.54, 1.807) is 0 Å². The molecule has 0 aliphatic heterocycles. The number of fused-ring (bicyclic) bond motifs is 6. The van der Waals surface area contributed by atoms with Gasteiger partial charge in [0.2, 0.25) is 0 Å². The summed E-state index contributed by atoms with van der Waals surface area (Å²) >= 11 is 0. The van der Waals surface area contributed by atoms with Gasteiger partial charge in [-0.15, -0.1) is 0 Å². The Bertz CT molecular complexity index is 2790. The minimum absolute atomic E-state index is 0.116. The first kappa shape index (κ1) is 31.1. The molecule has 1 heterocycles. The predicted molar refractivity (Wildman–Crippen MR) is 222 cm³/mol. The van der Waals surface area contributed by atoms with Gasteiger partial charge in [-0.3, -0.25) is 0 Å². The zero-order chi connectivity index (χ0) is 35.5. The zero-order valence-corrected chi connectivity index (χ0v) is 29.8. The van der Waals surface area contributed by atoms with Crippen molar-refractivity contribution in [2.75, 3.05) is 4.90 Å². The molecule has 2 heteroatoms. The van der Waals surface area contributed by atoms with Crippen LogP contribution in [-0.4, -0.2) is 0 Å². The summed E-state index contributed by atoms with van der Waals surface area (Å²) in [7, 11) is 0. The van der Waals surface area contributed by atoms with E-state index < -0.39 is 0 Å². The molecule has 0 saturated heterocycles. The van der Waals surface area contributed by atoms with E-state index in [2.05, 4.69) is 195 Å². The number of hydrogen-bond acceptors (Lipinski definition) is 2. The standard InChI is InChI=1S/C51H37NO/c1-51(2)46-20-9-6-16-42(46)43-32-31-39(33-47(43)51)52(48-21-10-7-15-40(48)36-25-23-35(24-26-36)34-13-4-3-5-14-34)38-29-27-37(28-30-38)41-18-12-19-45-44-17-8-11-22-49(44)53-50(41)45/h3-33H,1-2H3. The second-order valence-electron chi connectivity index (χ2n) is 14.5. The highest BCUT2D eigenvalue weighted by molar-refractivity contribution is 6.09. The van der Waals surface area contributed by atoms with E-state index in [4.69, 9.17) is 4.42 Å². The van der Waals surface area contributed by atoms with Gasteiger partial charge in [-0.2, -0.15) is 0 Å². The maximum Gasteiger partial charge on any atom is 0.143 e. The van der Waals surface area contributed by atoms with E-state index in [1.807, 2.05) is 12.1 Å². The van der Waals surface area contributed by atoms with E-state index >= 15 is 0 Å². The minimum atomic E-state index is -0.116. The predicted octanol–water partition coefficient (Wildman–Crippen LogP) is 14.4. The largest absolute Gasteiger partial charge is 0.455 e. The SMILES string of the molecule is CC1(C)c2ccccc2-c2ccc(N(c3ccc(-c4cccc5c4oc4ccccc45)cc3)c3ccccc3-c3ccc(-c4ccccc4)cc3)cc21. The molecule has 0 unspecified atom stereocenters. The Morgan fingerprint density at radius 2 is 0.962 bits per heavy atom. The van der Waals surface area contributed by atoms with Gasteiger partial charge in [0.05, 0.1) is 5.69 Å². The molecule has 10 rings (SSSR count). The van der Waals surface area contributed by atoms with Gasteiger partial charge in [-0.05, 0) is 80.9 Å². The fraction of sp³-hybridized carbons (Fsp3) is 0.0588. The molecule has 9 aromatic rings. The smallest absolute Gasteiger partial charge is 0.143 e. The van der Waals surface area contributed by atoms with Crippen LogP contribution in [0.5, 0.6) is 0 Å². The Hall–Kier alpha value is -6.64. The van der Waals surface area contributed by atoms with Gasteiger partial charge in [0.25, 0.3) is 0 Å². The van der Waals surface area contributed by atoms with Gasteiger partial charge in [0.1, 0.15) is 11.2 Å². The number of anilines is 3. The molecule has 0 amide bonds. The zero-order valence-electron chi connectivity index (χ0n) is 29.8. The normalized spacial score (nSPS) is 12.9. The van der Waals surface area contributed by atoms with Gasteiger partial charge in [0, 0.05) is 38.7 Å². The van der Waals surface area contributed by atoms with Crippen LogP contribution in [0.3, 0.4) is 0 Å². The number of nitrogens with zero attached hydrogens (tertiary/aromatic N) is 1.